The van der Waals surface area contributed by atoms with Crippen molar-refractivity contribution in [2.75, 3.05) is 12.3 Å². The zero-order valence-electron chi connectivity index (χ0n) is 9.76. The van der Waals surface area contributed by atoms with Crippen LogP contribution < -0.4 is 15.2 Å². The molecular formula is C12H12BrN3O2. The van der Waals surface area contributed by atoms with E-state index in [-0.39, 0.29) is 6.01 Å². The Morgan fingerprint density at radius 2 is 2.00 bits per heavy atom. The highest BCUT2D eigenvalue weighted by Gasteiger charge is 2.04. The van der Waals surface area contributed by atoms with Crippen LogP contribution in [0.15, 0.2) is 34.9 Å². The summed E-state index contributed by atoms with van der Waals surface area (Å²) in [6.07, 6.45) is 0. The van der Waals surface area contributed by atoms with Gasteiger partial charge in [0.1, 0.15) is 21.9 Å². The van der Waals surface area contributed by atoms with Gasteiger partial charge in [0.2, 0.25) is 0 Å². The average molecular weight is 310 g/mol. The van der Waals surface area contributed by atoms with Gasteiger partial charge in [-0.3, -0.25) is 0 Å². The van der Waals surface area contributed by atoms with Crippen molar-refractivity contribution < 1.29 is 9.47 Å². The molecule has 1 heterocycles. The molecule has 0 saturated heterocycles. The zero-order chi connectivity index (χ0) is 13.0. The lowest BCUT2D eigenvalue weighted by atomic mass is 10.3. The van der Waals surface area contributed by atoms with Crippen LogP contribution in [0.2, 0.25) is 0 Å². The number of aromatic nitrogens is 2. The third kappa shape index (κ3) is 3.33. The summed E-state index contributed by atoms with van der Waals surface area (Å²) in [5.74, 6) is 1.67. The van der Waals surface area contributed by atoms with Gasteiger partial charge in [-0.15, -0.1) is 0 Å². The summed E-state index contributed by atoms with van der Waals surface area (Å²) in [5, 5.41) is 0. The number of hydrogen-bond acceptors (Lipinski definition) is 5. The molecule has 0 saturated carbocycles. The molecule has 6 heteroatoms. The summed E-state index contributed by atoms with van der Waals surface area (Å²) in [5.41, 5.74) is 5.60. The van der Waals surface area contributed by atoms with Crippen molar-refractivity contribution in [2.24, 2.45) is 0 Å². The molecule has 5 nitrogen and oxygen atoms in total. The first-order chi connectivity index (χ1) is 8.67. The van der Waals surface area contributed by atoms with Gasteiger partial charge in [-0.05, 0) is 35.0 Å². The van der Waals surface area contributed by atoms with Crippen molar-refractivity contribution in [3.8, 4) is 17.5 Å². The maximum absolute atomic E-state index is 5.60. The van der Waals surface area contributed by atoms with Crippen LogP contribution in [0.1, 0.15) is 6.92 Å². The molecule has 2 rings (SSSR count). The fraction of sp³-hybridized carbons (Fsp3) is 0.167. The molecule has 0 bridgehead atoms. The van der Waals surface area contributed by atoms with Crippen LogP contribution in [-0.4, -0.2) is 16.6 Å². The molecule has 0 spiro atoms. The van der Waals surface area contributed by atoms with E-state index in [4.69, 9.17) is 15.2 Å². The number of anilines is 1. The van der Waals surface area contributed by atoms with Crippen LogP contribution in [0.5, 0.6) is 17.5 Å². The standard InChI is InChI=1S/C12H12BrN3O2/c1-2-17-8-4-3-5-9(6-8)18-12-15-10(13)7-11(14)16-12/h3-7H,2H2,1H3,(H2,14,15,16). The van der Waals surface area contributed by atoms with E-state index in [0.717, 1.165) is 5.75 Å². The second-order valence-corrected chi connectivity index (χ2v) is 4.22. The van der Waals surface area contributed by atoms with Crippen molar-refractivity contribution in [3.05, 3.63) is 34.9 Å². The lowest BCUT2D eigenvalue weighted by Crippen LogP contribution is -1.97. The Morgan fingerprint density at radius 3 is 2.72 bits per heavy atom. The number of nitrogens with two attached hydrogens (primary N) is 1. The molecule has 18 heavy (non-hydrogen) atoms. The lowest BCUT2D eigenvalue weighted by Gasteiger charge is -2.07. The Bertz CT molecular complexity index is 528. The van der Waals surface area contributed by atoms with E-state index in [9.17, 15) is 0 Å². The lowest BCUT2D eigenvalue weighted by molar-refractivity contribution is 0.337. The summed E-state index contributed by atoms with van der Waals surface area (Å²) in [6, 6.07) is 9.04. The summed E-state index contributed by atoms with van der Waals surface area (Å²) in [7, 11) is 0. The van der Waals surface area contributed by atoms with Crippen molar-refractivity contribution in [1.29, 1.82) is 0 Å². The van der Waals surface area contributed by atoms with Gasteiger partial charge >= 0.3 is 6.01 Å². The fourth-order valence-corrected chi connectivity index (χ4v) is 1.74. The van der Waals surface area contributed by atoms with Gasteiger partial charge in [0.25, 0.3) is 0 Å². The minimum Gasteiger partial charge on any atom is -0.494 e. The normalized spacial score (nSPS) is 10.1. The second-order valence-electron chi connectivity index (χ2n) is 3.41. The van der Waals surface area contributed by atoms with Crippen LogP contribution >= 0.6 is 15.9 Å². The van der Waals surface area contributed by atoms with Crippen molar-refractivity contribution >= 4 is 21.7 Å². The average Bonchev–Trinajstić information content (AvgIpc) is 2.28. The zero-order valence-corrected chi connectivity index (χ0v) is 11.3. The van der Waals surface area contributed by atoms with Gasteiger partial charge < -0.3 is 15.2 Å². The molecule has 0 radical (unpaired) electrons. The number of rotatable bonds is 4. The number of nitrogen functional groups attached to an aromatic ring is 1. The first kappa shape index (κ1) is 12.6. The molecule has 1 aromatic heterocycles. The van der Waals surface area contributed by atoms with Crippen LogP contribution in [0.4, 0.5) is 5.82 Å². The highest BCUT2D eigenvalue weighted by molar-refractivity contribution is 9.10. The summed E-state index contributed by atoms with van der Waals surface area (Å²) >= 11 is 3.23. The molecule has 0 fully saturated rings. The minimum absolute atomic E-state index is 0.190. The predicted octanol–water partition coefficient (Wildman–Crippen LogP) is 3.01. The first-order valence-electron chi connectivity index (χ1n) is 5.38. The SMILES string of the molecule is CCOc1cccc(Oc2nc(N)cc(Br)n2)c1. The molecule has 0 unspecified atom stereocenters. The third-order valence-corrected chi connectivity index (χ3v) is 2.43. The van der Waals surface area contributed by atoms with Gasteiger partial charge in [-0.1, -0.05) is 6.07 Å². The molecule has 0 aliphatic carbocycles. The fourth-order valence-electron chi connectivity index (χ4n) is 1.36. The Morgan fingerprint density at radius 1 is 1.22 bits per heavy atom. The molecule has 0 aliphatic rings. The van der Waals surface area contributed by atoms with Gasteiger partial charge in [0.05, 0.1) is 6.61 Å². The van der Waals surface area contributed by atoms with E-state index >= 15 is 0 Å². The number of halogens is 1. The highest BCUT2D eigenvalue weighted by atomic mass is 79.9. The molecule has 0 atom stereocenters. The van der Waals surface area contributed by atoms with Gasteiger partial charge in [0, 0.05) is 12.1 Å². The largest absolute Gasteiger partial charge is 0.494 e. The second kappa shape index (κ2) is 5.68. The van der Waals surface area contributed by atoms with E-state index in [1.165, 1.54) is 0 Å². The van der Waals surface area contributed by atoms with Crippen molar-refractivity contribution in [3.63, 3.8) is 0 Å². The number of ether oxygens (including phenoxy) is 2. The van der Waals surface area contributed by atoms with Crippen LogP contribution in [-0.2, 0) is 0 Å². The van der Waals surface area contributed by atoms with E-state index in [1.807, 2.05) is 19.1 Å². The Labute approximate surface area is 113 Å². The van der Waals surface area contributed by atoms with Gasteiger partial charge in [-0.25, -0.2) is 0 Å². The predicted molar refractivity (Wildman–Crippen MR) is 71.8 cm³/mol. The summed E-state index contributed by atoms with van der Waals surface area (Å²) < 4.78 is 11.5. The quantitative estimate of drug-likeness (QED) is 0.879. The van der Waals surface area contributed by atoms with Crippen molar-refractivity contribution in [2.45, 2.75) is 6.92 Å². The van der Waals surface area contributed by atoms with E-state index < -0.39 is 0 Å². The monoisotopic (exact) mass is 309 g/mol. The first-order valence-corrected chi connectivity index (χ1v) is 6.17. The molecule has 2 aromatic rings. The van der Waals surface area contributed by atoms with E-state index in [2.05, 4.69) is 25.9 Å². The number of nitrogens with zero attached hydrogens (tertiary/aromatic N) is 2. The number of benzene rings is 1. The van der Waals surface area contributed by atoms with Crippen LogP contribution in [0.25, 0.3) is 0 Å². The maximum atomic E-state index is 5.60. The van der Waals surface area contributed by atoms with Crippen molar-refractivity contribution in [1.82, 2.24) is 9.97 Å². The van der Waals surface area contributed by atoms with E-state index in [1.54, 1.807) is 18.2 Å². The minimum atomic E-state index is 0.190. The molecule has 1 aromatic carbocycles. The molecule has 0 aliphatic heterocycles. The number of hydrogen-bond donors (Lipinski definition) is 1. The summed E-state index contributed by atoms with van der Waals surface area (Å²) in [6.45, 7) is 2.52. The van der Waals surface area contributed by atoms with Crippen LogP contribution in [0, 0.1) is 0 Å². The molecule has 94 valence electrons. The Hall–Kier alpha value is -1.82. The molecular weight excluding hydrogens is 298 g/mol. The summed E-state index contributed by atoms with van der Waals surface area (Å²) in [4.78, 5) is 8.05. The van der Waals surface area contributed by atoms with Crippen LogP contribution in [0.3, 0.4) is 0 Å². The molecule has 2 N–H and O–H groups in total. The van der Waals surface area contributed by atoms with Gasteiger partial charge in [-0.2, -0.15) is 9.97 Å². The Kier molecular flexibility index (Phi) is 3.99. The maximum Gasteiger partial charge on any atom is 0.325 e. The topological polar surface area (TPSA) is 70.3 Å². The highest BCUT2D eigenvalue weighted by Crippen LogP contribution is 2.24. The smallest absolute Gasteiger partial charge is 0.325 e. The molecule has 0 amide bonds. The van der Waals surface area contributed by atoms with Gasteiger partial charge in [0.15, 0.2) is 0 Å². The third-order valence-electron chi connectivity index (χ3n) is 2.02. The Balaban J connectivity index is 2.20. The van der Waals surface area contributed by atoms with E-state index in [0.29, 0.717) is 22.8 Å².